The topological polar surface area (TPSA) is 50.1 Å². The van der Waals surface area contributed by atoms with Crippen molar-refractivity contribution in [1.29, 1.82) is 0 Å². The molecule has 1 aliphatic rings. The van der Waals surface area contributed by atoms with Crippen molar-refractivity contribution in [3.8, 4) is 5.69 Å². The lowest BCUT2D eigenvalue weighted by Gasteiger charge is -2.43. The van der Waals surface area contributed by atoms with Crippen molar-refractivity contribution >= 4 is 16.9 Å². The van der Waals surface area contributed by atoms with Gasteiger partial charge in [0.15, 0.2) is 5.65 Å². The molecule has 0 spiro atoms. The average Bonchev–Trinajstić information content (AvgIpc) is 3.06. The van der Waals surface area contributed by atoms with E-state index in [4.69, 9.17) is 0 Å². The molecule has 25 heavy (non-hydrogen) atoms. The number of aromatic nitrogens is 4. The second kappa shape index (κ2) is 6.44. The molecule has 0 saturated carbocycles. The molecule has 2 aromatic heterocycles. The number of anilines is 1. The molecule has 3 aromatic rings. The fourth-order valence-corrected chi connectivity index (χ4v) is 3.61. The predicted octanol–water partition coefficient (Wildman–Crippen LogP) is 2.59. The summed E-state index contributed by atoms with van der Waals surface area (Å²) in [7, 11) is 2.19. The summed E-state index contributed by atoms with van der Waals surface area (Å²) in [5.41, 5.74) is 1.87. The van der Waals surface area contributed by atoms with Gasteiger partial charge in [0.2, 0.25) is 0 Å². The highest BCUT2D eigenvalue weighted by Crippen LogP contribution is 2.29. The van der Waals surface area contributed by atoms with Crippen LogP contribution in [0.1, 0.15) is 13.8 Å². The predicted molar refractivity (Wildman–Crippen MR) is 100 cm³/mol. The van der Waals surface area contributed by atoms with Crippen LogP contribution in [-0.4, -0.2) is 57.4 Å². The molecule has 0 aliphatic carbocycles. The van der Waals surface area contributed by atoms with E-state index >= 15 is 0 Å². The van der Waals surface area contributed by atoms with E-state index in [0.717, 1.165) is 42.2 Å². The quantitative estimate of drug-likeness (QED) is 0.736. The number of hydrogen-bond acceptors (Lipinski definition) is 5. The molecule has 0 amide bonds. The van der Waals surface area contributed by atoms with Crippen molar-refractivity contribution in [3.05, 3.63) is 42.9 Å². The first-order valence-corrected chi connectivity index (χ1v) is 8.84. The summed E-state index contributed by atoms with van der Waals surface area (Å²) in [5.74, 6) is 1.55. The summed E-state index contributed by atoms with van der Waals surface area (Å²) < 4.78 is 1.89. The van der Waals surface area contributed by atoms with Crippen molar-refractivity contribution in [2.24, 2.45) is 5.92 Å². The first-order valence-electron chi connectivity index (χ1n) is 8.84. The highest BCUT2D eigenvalue weighted by Gasteiger charge is 2.30. The molecule has 3 heterocycles. The Morgan fingerprint density at radius 1 is 1.08 bits per heavy atom. The number of hydrogen-bond donors (Lipinski definition) is 0. The van der Waals surface area contributed by atoms with Gasteiger partial charge in [0.05, 0.1) is 17.3 Å². The summed E-state index contributed by atoms with van der Waals surface area (Å²) >= 11 is 0. The minimum atomic E-state index is 0.442. The SMILES string of the molecule is CC(C)C1CN(C)CCN1c1ncnc2c1cnn2-c1ccccc1. The molecule has 0 N–H and O–H groups in total. The van der Waals surface area contributed by atoms with Crippen LogP contribution >= 0.6 is 0 Å². The number of para-hydroxylation sites is 1. The number of fused-ring (bicyclic) bond motifs is 1. The van der Waals surface area contributed by atoms with Gasteiger partial charge in [-0.1, -0.05) is 32.0 Å². The third kappa shape index (κ3) is 2.87. The van der Waals surface area contributed by atoms with E-state index in [9.17, 15) is 0 Å². The molecule has 6 heteroatoms. The maximum Gasteiger partial charge on any atom is 0.168 e. The minimum Gasteiger partial charge on any atom is -0.350 e. The van der Waals surface area contributed by atoms with Gasteiger partial charge in [0, 0.05) is 25.7 Å². The number of benzene rings is 1. The summed E-state index contributed by atoms with van der Waals surface area (Å²) in [5, 5.41) is 5.60. The highest BCUT2D eigenvalue weighted by atomic mass is 15.3. The molecule has 1 saturated heterocycles. The normalized spacial score (nSPS) is 19.0. The Bertz CT molecular complexity index is 857. The lowest BCUT2D eigenvalue weighted by atomic mass is 9.99. The molecule has 6 nitrogen and oxygen atoms in total. The summed E-state index contributed by atoms with van der Waals surface area (Å²) in [6.45, 7) is 7.63. The fourth-order valence-electron chi connectivity index (χ4n) is 3.61. The Kier molecular flexibility index (Phi) is 4.13. The maximum atomic E-state index is 4.64. The van der Waals surface area contributed by atoms with Crippen molar-refractivity contribution in [2.45, 2.75) is 19.9 Å². The third-order valence-electron chi connectivity index (χ3n) is 5.01. The van der Waals surface area contributed by atoms with Crippen LogP contribution in [0, 0.1) is 5.92 Å². The van der Waals surface area contributed by atoms with Gasteiger partial charge in [-0.05, 0) is 25.1 Å². The van der Waals surface area contributed by atoms with Gasteiger partial charge in [-0.2, -0.15) is 5.10 Å². The Hall–Kier alpha value is -2.47. The lowest BCUT2D eigenvalue weighted by Crippen LogP contribution is -2.54. The monoisotopic (exact) mass is 336 g/mol. The molecule has 1 atom stereocenters. The second-order valence-corrected chi connectivity index (χ2v) is 7.09. The zero-order valence-corrected chi connectivity index (χ0v) is 15.0. The average molecular weight is 336 g/mol. The van der Waals surface area contributed by atoms with E-state index in [1.54, 1.807) is 6.33 Å². The van der Waals surface area contributed by atoms with Crippen LogP contribution in [0.2, 0.25) is 0 Å². The Morgan fingerprint density at radius 3 is 2.64 bits per heavy atom. The molecular weight excluding hydrogens is 312 g/mol. The van der Waals surface area contributed by atoms with Gasteiger partial charge in [0.25, 0.3) is 0 Å². The number of piperazine rings is 1. The smallest absolute Gasteiger partial charge is 0.168 e. The lowest BCUT2D eigenvalue weighted by molar-refractivity contribution is 0.236. The third-order valence-corrected chi connectivity index (χ3v) is 5.01. The molecule has 130 valence electrons. The Balaban J connectivity index is 1.79. The van der Waals surface area contributed by atoms with Gasteiger partial charge in [-0.25, -0.2) is 14.6 Å². The van der Waals surface area contributed by atoms with Crippen molar-refractivity contribution in [1.82, 2.24) is 24.6 Å². The summed E-state index contributed by atoms with van der Waals surface area (Å²) in [6.07, 6.45) is 3.56. The van der Waals surface area contributed by atoms with Crippen LogP contribution in [0.3, 0.4) is 0 Å². The van der Waals surface area contributed by atoms with Crippen LogP contribution in [0.25, 0.3) is 16.7 Å². The first-order chi connectivity index (χ1) is 12.1. The molecule has 1 aliphatic heterocycles. The fraction of sp³-hybridized carbons (Fsp3) is 0.421. The zero-order chi connectivity index (χ0) is 17.4. The molecular formula is C19H24N6. The zero-order valence-electron chi connectivity index (χ0n) is 15.0. The first kappa shape index (κ1) is 16.0. The van der Waals surface area contributed by atoms with Crippen molar-refractivity contribution in [2.75, 3.05) is 31.6 Å². The van der Waals surface area contributed by atoms with Crippen molar-refractivity contribution < 1.29 is 0 Å². The molecule has 1 unspecified atom stereocenters. The Labute approximate surface area is 148 Å². The van der Waals surface area contributed by atoms with Gasteiger partial charge in [-0.15, -0.1) is 0 Å². The largest absolute Gasteiger partial charge is 0.350 e. The van der Waals surface area contributed by atoms with Crippen LogP contribution in [0.5, 0.6) is 0 Å². The summed E-state index contributed by atoms with van der Waals surface area (Å²) in [4.78, 5) is 14.0. The summed E-state index contributed by atoms with van der Waals surface area (Å²) in [6, 6.07) is 10.6. The second-order valence-electron chi connectivity index (χ2n) is 7.09. The van der Waals surface area contributed by atoms with Gasteiger partial charge >= 0.3 is 0 Å². The van der Waals surface area contributed by atoms with Gasteiger partial charge in [0.1, 0.15) is 12.1 Å². The number of nitrogens with zero attached hydrogens (tertiary/aromatic N) is 6. The van der Waals surface area contributed by atoms with Crippen LogP contribution < -0.4 is 4.90 Å². The van der Waals surface area contributed by atoms with Crippen LogP contribution in [0.15, 0.2) is 42.9 Å². The van der Waals surface area contributed by atoms with Crippen molar-refractivity contribution in [3.63, 3.8) is 0 Å². The molecule has 0 radical (unpaired) electrons. The minimum absolute atomic E-state index is 0.442. The number of rotatable bonds is 3. The van der Waals surface area contributed by atoms with Crippen LogP contribution in [0.4, 0.5) is 5.82 Å². The maximum absolute atomic E-state index is 4.64. The van der Waals surface area contributed by atoms with E-state index in [0.29, 0.717) is 12.0 Å². The van der Waals surface area contributed by atoms with Gasteiger partial charge < -0.3 is 9.80 Å². The Morgan fingerprint density at radius 2 is 1.88 bits per heavy atom. The van der Waals surface area contributed by atoms with E-state index < -0.39 is 0 Å². The molecule has 4 rings (SSSR count). The van der Waals surface area contributed by atoms with E-state index in [2.05, 4.69) is 45.8 Å². The molecule has 1 fully saturated rings. The molecule has 1 aromatic carbocycles. The van der Waals surface area contributed by atoms with Crippen LogP contribution in [-0.2, 0) is 0 Å². The standard InChI is InChI=1S/C19H24N6/c1-14(2)17-12-23(3)9-10-24(17)18-16-11-22-25(19(16)21-13-20-18)15-7-5-4-6-8-15/h4-8,11,13-14,17H,9-10,12H2,1-3H3. The van der Waals surface area contributed by atoms with E-state index in [1.807, 2.05) is 41.2 Å². The highest BCUT2D eigenvalue weighted by molar-refractivity contribution is 5.87. The van der Waals surface area contributed by atoms with E-state index in [-0.39, 0.29) is 0 Å². The molecule has 0 bridgehead atoms. The van der Waals surface area contributed by atoms with Gasteiger partial charge in [-0.3, -0.25) is 0 Å². The number of likely N-dealkylation sites (N-methyl/N-ethyl adjacent to an activating group) is 1. The van der Waals surface area contributed by atoms with E-state index in [1.165, 1.54) is 0 Å².